The fourth-order valence-electron chi connectivity index (χ4n) is 2.23. The smallest absolute Gasteiger partial charge is 0.252 e. The summed E-state index contributed by atoms with van der Waals surface area (Å²) in [5.41, 5.74) is 12.0. The van der Waals surface area contributed by atoms with Crippen LogP contribution in [-0.2, 0) is 4.79 Å². The first kappa shape index (κ1) is 22.5. The van der Waals surface area contributed by atoms with Gasteiger partial charge in [-0.05, 0) is 62.4 Å². The van der Waals surface area contributed by atoms with Gasteiger partial charge in [0.1, 0.15) is 6.04 Å². The van der Waals surface area contributed by atoms with Crippen LogP contribution in [0.2, 0.25) is 0 Å². The van der Waals surface area contributed by atoms with E-state index in [9.17, 15) is 14.7 Å². The number of hydrogen-bond acceptors (Lipinski definition) is 4. The van der Waals surface area contributed by atoms with Crippen molar-refractivity contribution >= 4 is 17.5 Å². The Kier molecular flexibility index (Phi) is 7.99. The van der Waals surface area contributed by atoms with Crippen molar-refractivity contribution in [3.63, 3.8) is 0 Å². The van der Waals surface area contributed by atoms with Crippen molar-refractivity contribution in [1.29, 1.82) is 0 Å². The Morgan fingerprint density at radius 1 is 1.00 bits per heavy atom. The molecule has 0 aliphatic rings. The van der Waals surface area contributed by atoms with Gasteiger partial charge in [0.2, 0.25) is 5.91 Å². The number of amides is 2. The number of nitrogen functional groups attached to an aromatic ring is 1. The molecule has 0 aromatic heterocycles. The maximum Gasteiger partial charge on any atom is 0.252 e. The second-order valence-corrected chi connectivity index (χ2v) is 6.41. The predicted molar refractivity (Wildman–Crippen MR) is 111 cm³/mol. The Labute approximate surface area is 165 Å². The summed E-state index contributed by atoms with van der Waals surface area (Å²) in [6.45, 7) is 8.80. The van der Waals surface area contributed by atoms with E-state index in [1.54, 1.807) is 36.4 Å². The van der Waals surface area contributed by atoms with Crippen molar-refractivity contribution in [3.05, 3.63) is 78.4 Å². The molecule has 6 heteroatoms. The summed E-state index contributed by atoms with van der Waals surface area (Å²) in [7, 11) is 0. The lowest BCUT2D eigenvalue weighted by Gasteiger charge is -2.27. The number of hydrogen-bond donors (Lipinski definition) is 4. The number of anilines is 1. The molecule has 1 atom stereocenters. The highest BCUT2D eigenvalue weighted by molar-refractivity contribution is 5.97. The maximum atomic E-state index is 12.3. The van der Waals surface area contributed by atoms with E-state index >= 15 is 0 Å². The first-order valence-electron chi connectivity index (χ1n) is 8.47. The van der Waals surface area contributed by atoms with E-state index in [2.05, 4.69) is 30.3 Å². The third-order valence-corrected chi connectivity index (χ3v) is 3.68. The summed E-state index contributed by atoms with van der Waals surface area (Å²) < 4.78 is 0. The number of benzene rings is 2. The van der Waals surface area contributed by atoms with Crippen LogP contribution in [-0.4, -0.2) is 28.6 Å². The molecule has 2 aromatic rings. The van der Waals surface area contributed by atoms with Crippen molar-refractivity contribution in [2.24, 2.45) is 5.73 Å². The number of carbonyl (C=O) groups excluding carboxylic acids is 2. The van der Waals surface area contributed by atoms with Crippen molar-refractivity contribution in [1.82, 2.24) is 5.32 Å². The molecule has 0 bridgehead atoms. The Bertz CT molecular complexity index is 870. The molecular weight excluding hydrogens is 354 g/mol. The lowest BCUT2D eigenvalue weighted by Crippen LogP contribution is -2.56. The molecule has 0 heterocycles. The highest BCUT2D eigenvalue weighted by atomic mass is 16.3. The lowest BCUT2D eigenvalue weighted by molar-refractivity contribution is -0.125. The van der Waals surface area contributed by atoms with Crippen molar-refractivity contribution in [2.45, 2.75) is 25.5 Å². The second kappa shape index (κ2) is 9.95. The summed E-state index contributed by atoms with van der Waals surface area (Å²) in [5, 5.41) is 12.4. The van der Waals surface area contributed by atoms with Gasteiger partial charge in [-0.2, -0.15) is 0 Å². The molecular formula is C22H25N3O3. The Balaban J connectivity index is 0.00000190. The van der Waals surface area contributed by atoms with Gasteiger partial charge in [0.25, 0.3) is 5.91 Å². The van der Waals surface area contributed by atoms with Crippen molar-refractivity contribution in [3.8, 4) is 11.8 Å². The minimum absolute atomic E-state index is 0.332. The average Bonchev–Trinajstić information content (AvgIpc) is 2.66. The van der Waals surface area contributed by atoms with Crippen LogP contribution >= 0.6 is 0 Å². The minimum atomic E-state index is -1.47. The van der Waals surface area contributed by atoms with E-state index < -0.39 is 23.5 Å². The van der Waals surface area contributed by atoms with Crippen molar-refractivity contribution in [2.75, 3.05) is 5.73 Å². The third kappa shape index (κ3) is 6.63. The highest BCUT2D eigenvalue weighted by Gasteiger charge is 2.33. The summed E-state index contributed by atoms with van der Waals surface area (Å²) in [4.78, 5) is 23.7. The van der Waals surface area contributed by atoms with Crippen LogP contribution in [0.15, 0.2) is 61.7 Å². The molecule has 6 nitrogen and oxygen atoms in total. The number of carbonyl (C=O) groups is 2. The van der Waals surface area contributed by atoms with Gasteiger partial charge in [-0.3, -0.25) is 9.59 Å². The fourth-order valence-corrected chi connectivity index (χ4v) is 2.23. The average molecular weight is 379 g/mol. The Hall–Kier alpha value is -3.56. The molecule has 6 N–H and O–H groups in total. The first-order valence-corrected chi connectivity index (χ1v) is 8.47. The van der Waals surface area contributed by atoms with Gasteiger partial charge in [-0.25, -0.2) is 0 Å². The molecule has 0 saturated carbocycles. The van der Waals surface area contributed by atoms with Crippen molar-refractivity contribution < 1.29 is 14.7 Å². The molecule has 0 spiro atoms. The van der Waals surface area contributed by atoms with Crippen LogP contribution in [0.4, 0.5) is 5.69 Å². The molecule has 0 fully saturated rings. The molecule has 28 heavy (non-hydrogen) atoms. The molecule has 0 saturated heterocycles. The number of nitrogens with two attached hydrogens (primary N) is 2. The number of nitrogens with one attached hydrogen (secondary N) is 1. The molecule has 2 amide bonds. The van der Waals surface area contributed by atoms with Crippen LogP contribution in [0, 0.1) is 11.8 Å². The van der Waals surface area contributed by atoms with Crippen LogP contribution in [0.1, 0.15) is 35.3 Å². The molecule has 146 valence electrons. The van der Waals surface area contributed by atoms with E-state index in [0.717, 1.165) is 11.1 Å². The SMILES string of the molecule is C=C.CC(C)(O)C(NC(=O)c1ccc(C#Cc2ccc(N)cc2)cc1)C(N)=O. The van der Waals surface area contributed by atoms with Crippen LogP contribution in [0.25, 0.3) is 0 Å². The topological polar surface area (TPSA) is 118 Å². The Morgan fingerprint density at radius 2 is 1.43 bits per heavy atom. The molecule has 0 aliphatic heterocycles. The highest BCUT2D eigenvalue weighted by Crippen LogP contribution is 2.11. The first-order chi connectivity index (χ1) is 13.2. The normalized spacial score (nSPS) is 11.1. The second-order valence-electron chi connectivity index (χ2n) is 6.41. The van der Waals surface area contributed by atoms with Gasteiger partial charge < -0.3 is 21.9 Å². The zero-order chi connectivity index (χ0) is 21.3. The third-order valence-electron chi connectivity index (χ3n) is 3.68. The van der Waals surface area contributed by atoms with Crippen LogP contribution in [0.5, 0.6) is 0 Å². The summed E-state index contributed by atoms with van der Waals surface area (Å²) in [6, 6.07) is 12.6. The summed E-state index contributed by atoms with van der Waals surface area (Å²) >= 11 is 0. The minimum Gasteiger partial charge on any atom is -0.399 e. The zero-order valence-corrected chi connectivity index (χ0v) is 16.0. The fraction of sp³-hybridized carbons (Fsp3) is 0.182. The van der Waals surface area contributed by atoms with Gasteiger partial charge in [-0.15, -0.1) is 13.2 Å². The number of rotatable bonds is 4. The Morgan fingerprint density at radius 3 is 1.82 bits per heavy atom. The summed E-state index contributed by atoms with van der Waals surface area (Å²) in [5.74, 6) is 4.68. The molecule has 0 aliphatic carbocycles. The molecule has 0 radical (unpaired) electrons. The van der Waals surface area contributed by atoms with Crippen LogP contribution in [0.3, 0.4) is 0 Å². The van der Waals surface area contributed by atoms with E-state index in [0.29, 0.717) is 11.3 Å². The quantitative estimate of drug-likeness (QED) is 0.368. The van der Waals surface area contributed by atoms with E-state index in [4.69, 9.17) is 11.5 Å². The summed E-state index contributed by atoms with van der Waals surface area (Å²) in [6.07, 6.45) is 0. The lowest BCUT2D eigenvalue weighted by atomic mass is 9.98. The zero-order valence-electron chi connectivity index (χ0n) is 16.0. The maximum absolute atomic E-state index is 12.3. The monoisotopic (exact) mass is 379 g/mol. The molecule has 2 aromatic carbocycles. The van der Waals surface area contributed by atoms with Gasteiger partial charge in [0, 0.05) is 22.4 Å². The largest absolute Gasteiger partial charge is 0.399 e. The van der Waals surface area contributed by atoms with E-state index in [1.807, 2.05) is 12.1 Å². The van der Waals surface area contributed by atoms with E-state index in [1.165, 1.54) is 13.8 Å². The van der Waals surface area contributed by atoms with Gasteiger partial charge in [0.15, 0.2) is 0 Å². The van der Waals surface area contributed by atoms with E-state index in [-0.39, 0.29) is 0 Å². The predicted octanol–water partition coefficient (Wildman–Crippen LogP) is 1.83. The number of aliphatic hydroxyl groups is 1. The van der Waals surface area contributed by atoms with Gasteiger partial charge >= 0.3 is 0 Å². The molecule has 1 unspecified atom stereocenters. The molecule has 2 rings (SSSR count). The number of primary amides is 1. The van der Waals surface area contributed by atoms with Crippen LogP contribution < -0.4 is 16.8 Å². The van der Waals surface area contributed by atoms with Gasteiger partial charge in [-0.1, -0.05) is 11.8 Å². The van der Waals surface area contributed by atoms with Gasteiger partial charge in [0.05, 0.1) is 5.60 Å². The standard InChI is InChI=1S/C20H21N3O3.C2H4/c1-20(2,26)17(18(22)24)23-19(25)15-9-5-13(6-10-15)3-4-14-7-11-16(21)12-8-14;1-2/h5-12,17,26H,21H2,1-2H3,(H2,22,24)(H,23,25);1-2H2.